The zero-order valence-corrected chi connectivity index (χ0v) is 11.9. The Bertz CT molecular complexity index is 360. The minimum absolute atomic E-state index is 0.0582. The summed E-state index contributed by atoms with van der Waals surface area (Å²) in [5.41, 5.74) is 1.99. The Hall–Kier alpha value is -1.01. The molecule has 5 nitrogen and oxygen atoms in total. The fourth-order valence-electron chi connectivity index (χ4n) is 1.45. The highest BCUT2D eigenvalue weighted by molar-refractivity contribution is 7.99. The van der Waals surface area contributed by atoms with E-state index in [1.54, 1.807) is 18.9 Å². The first kappa shape index (κ1) is 15.0. The summed E-state index contributed by atoms with van der Waals surface area (Å²) in [7, 11) is 1.65. The molecular weight excluding hydrogens is 252 g/mol. The van der Waals surface area contributed by atoms with Gasteiger partial charge < -0.3 is 14.6 Å². The van der Waals surface area contributed by atoms with Gasteiger partial charge in [0.2, 0.25) is 5.91 Å². The number of amides is 1. The lowest BCUT2D eigenvalue weighted by Gasteiger charge is -2.04. The summed E-state index contributed by atoms with van der Waals surface area (Å²) in [5.74, 6) is 2.10. The molecule has 0 bridgehead atoms. The van der Waals surface area contributed by atoms with Gasteiger partial charge in [-0.2, -0.15) is 0 Å². The van der Waals surface area contributed by atoms with Crippen LogP contribution in [0.2, 0.25) is 0 Å². The van der Waals surface area contributed by atoms with E-state index < -0.39 is 0 Å². The second-order valence-corrected chi connectivity index (χ2v) is 4.98. The van der Waals surface area contributed by atoms with Crippen molar-refractivity contribution in [2.45, 2.75) is 26.0 Å². The van der Waals surface area contributed by atoms with Gasteiger partial charge in [0.1, 0.15) is 5.76 Å². The minimum Gasteiger partial charge on any atom is -0.385 e. The van der Waals surface area contributed by atoms with Gasteiger partial charge in [0.05, 0.1) is 11.4 Å². The summed E-state index contributed by atoms with van der Waals surface area (Å²) < 4.78 is 9.97. The quantitative estimate of drug-likeness (QED) is 0.729. The Morgan fingerprint density at radius 1 is 1.50 bits per heavy atom. The van der Waals surface area contributed by atoms with Crippen LogP contribution in [0.1, 0.15) is 23.4 Å². The molecular formula is C12H20N2O3S. The molecule has 0 unspecified atom stereocenters. The zero-order valence-electron chi connectivity index (χ0n) is 11.1. The van der Waals surface area contributed by atoms with Gasteiger partial charge in [0.15, 0.2) is 0 Å². The van der Waals surface area contributed by atoms with Gasteiger partial charge in [-0.05, 0) is 20.3 Å². The Labute approximate surface area is 112 Å². The van der Waals surface area contributed by atoms with Crippen molar-refractivity contribution < 1.29 is 14.1 Å². The number of carbonyl (C=O) groups is 1. The summed E-state index contributed by atoms with van der Waals surface area (Å²) in [6.07, 6.45) is 0.844. The third kappa shape index (κ3) is 5.10. The smallest absolute Gasteiger partial charge is 0.230 e. The topological polar surface area (TPSA) is 64.4 Å². The molecule has 1 aromatic rings. The van der Waals surface area contributed by atoms with Crippen molar-refractivity contribution in [3.8, 4) is 0 Å². The van der Waals surface area contributed by atoms with E-state index in [0.717, 1.165) is 29.2 Å². The molecule has 0 saturated heterocycles. The van der Waals surface area contributed by atoms with Gasteiger partial charge in [0.25, 0.3) is 0 Å². The Morgan fingerprint density at radius 2 is 2.28 bits per heavy atom. The monoisotopic (exact) mass is 272 g/mol. The predicted octanol–water partition coefficient (Wildman–Crippen LogP) is 1.68. The molecule has 1 amide bonds. The summed E-state index contributed by atoms with van der Waals surface area (Å²) in [6, 6.07) is 0. The highest BCUT2D eigenvalue weighted by Crippen LogP contribution is 2.19. The van der Waals surface area contributed by atoms with Gasteiger partial charge in [-0.25, -0.2) is 0 Å². The normalized spacial score (nSPS) is 10.6. The number of nitrogens with one attached hydrogen (secondary N) is 1. The lowest BCUT2D eigenvalue weighted by molar-refractivity contribution is -0.118. The number of ether oxygens (including phenoxy) is 1. The number of hydrogen-bond donors (Lipinski definition) is 1. The van der Waals surface area contributed by atoms with Gasteiger partial charge in [-0.15, -0.1) is 11.8 Å². The molecule has 102 valence electrons. The van der Waals surface area contributed by atoms with Crippen LogP contribution in [0.5, 0.6) is 0 Å². The van der Waals surface area contributed by atoms with E-state index in [9.17, 15) is 4.79 Å². The lowest BCUT2D eigenvalue weighted by Crippen LogP contribution is -2.26. The molecule has 0 aliphatic rings. The molecule has 0 aliphatic heterocycles. The van der Waals surface area contributed by atoms with E-state index in [0.29, 0.717) is 18.9 Å². The molecule has 1 N–H and O–H groups in total. The van der Waals surface area contributed by atoms with Crippen LogP contribution >= 0.6 is 11.8 Å². The van der Waals surface area contributed by atoms with E-state index in [4.69, 9.17) is 9.26 Å². The van der Waals surface area contributed by atoms with Crippen LogP contribution in [-0.2, 0) is 15.3 Å². The summed E-state index contributed by atoms with van der Waals surface area (Å²) >= 11 is 1.57. The van der Waals surface area contributed by atoms with E-state index in [-0.39, 0.29) is 5.91 Å². The van der Waals surface area contributed by atoms with Crippen LogP contribution in [0.15, 0.2) is 4.52 Å². The summed E-state index contributed by atoms with van der Waals surface area (Å²) in [5, 5.41) is 6.73. The second-order valence-electron chi connectivity index (χ2n) is 3.99. The molecule has 18 heavy (non-hydrogen) atoms. The highest BCUT2D eigenvalue weighted by atomic mass is 32.2. The minimum atomic E-state index is 0.0582. The lowest BCUT2D eigenvalue weighted by atomic mass is 10.2. The molecule has 0 aliphatic carbocycles. The summed E-state index contributed by atoms with van der Waals surface area (Å²) in [6.45, 7) is 5.14. The van der Waals surface area contributed by atoms with E-state index in [2.05, 4.69) is 10.5 Å². The van der Waals surface area contributed by atoms with Crippen molar-refractivity contribution in [1.82, 2.24) is 10.5 Å². The highest BCUT2D eigenvalue weighted by Gasteiger charge is 2.09. The van der Waals surface area contributed by atoms with Gasteiger partial charge >= 0.3 is 0 Å². The number of aromatic nitrogens is 1. The van der Waals surface area contributed by atoms with Gasteiger partial charge in [0, 0.05) is 31.6 Å². The second kappa shape index (κ2) is 8.16. The average molecular weight is 272 g/mol. The van der Waals surface area contributed by atoms with Crippen LogP contribution in [-0.4, -0.2) is 37.1 Å². The molecule has 0 spiro atoms. The molecule has 6 heteroatoms. The Morgan fingerprint density at radius 3 is 2.89 bits per heavy atom. The molecule has 0 radical (unpaired) electrons. The van der Waals surface area contributed by atoms with Gasteiger partial charge in [-0.1, -0.05) is 5.16 Å². The first-order chi connectivity index (χ1) is 8.65. The van der Waals surface area contributed by atoms with Crippen molar-refractivity contribution in [3.05, 3.63) is 17.0 Å². The van der Waals surface area contributed by atoms with Crippen molar-refractivity contribution in [2.75, 3.05) is 26.0 Å². The fraction of sp³-hybridized carbons (Fsp3) is 0.667. The van der Waals surface area contributed by atoms with Gasteiger partial charge in [-0.3, -0.25) is 4.79 Å². The number of carbonyl (C=O) groups excluding carboxylic acids is 1. The van der Waals surface area contributed by atoms with Crippen LogP contribution in [0.25, 0.3) is 0 Å². The number of aryl methyl sites for hydroxylation is 2. The first-order valence-electron chi connectivity index (χ1n) is 5.90. The van der Waals surface area contributed by atoms with E-state index in [1.807, 2.05) is 13.8 Å². The van der Waals surface area contributed by atoms with E-state index in [1.165, 1.54) is 0 Å². The number of nitrogens with zero attached hydrogens (tertiary/aromatic N) is 1. The average Bonchev–Trinajstić information content (AvgIpc) is 2.66. The maximum absolute atomic E-state index is 11.5. The molecule has 0 saturated carbocycles. The molecule has 1 heterocycles. The largest absolute Gasteiger partial charge is 0.385 e. The molecule has 0 atom stereocenters. The molecule has 1 rings (SSSR count). The van der Waals surface area contributed by atoms with Crippen LogP contribution in [0, 0.1) is 13.8 Å². The van der Waals surface area contributed by atoms with Crippen molar-refractivity contribution in [2.24, 2.45) is 0 Å². The van der Waals surface area contributed by atoms with Crippen LogP contribution < -0.4 is 5.32 Å². The van der Waals surface area contributed by atoms with Crippen molar-refractivity contribution >= 4 is 17.7 Å². The number of methoxy groups -OCH3 is 1. The Kier molecular flexibility index (Phi) is 6.82. The number of thioether (sulfide) groups is 1. The number of rotatable bonds is 8. The third-order valence-corrected chi connectivity index (χ3v) is 3.47. The standard InChI is InChI=1S/C12H20N2O3S/c1-9-11(10(2)17-14-9)7-18-8-12(15)13-5-4-6-16-3/h4-8H2,1-3H3,(H,13,15). The molecule has 0 aromatic carbocycles. The van der Waals surface area contributed by atoms with Crippen LogP contribution in [0.4, 0.5) is 0 Å². The maximum Gasteiger partial charge on any atom is 0.230 e. The third-order valence-electron chi connectivity index (χ3n) is 2.51. The fourth-order valence-corrected chi connectivity index (χ4v) is 2.45. The number of hydrogen-bond acceptors (Lipinski definition) is 5. The zero-order chi connectivity index (χ0) is 13.4. The maximum atomic E-state index is 11.5. The molecule has 0 fully saturated rings. The van der Waals surface area contributed by atoms with E-state index >= 15 is 0 Å². The summed E-state index contributed by atoms with van der Waals surface area (Å²) in [4.78, 5) is 11.5. The Balaban J connectivity index is 2.16. The van der Waals surface area contributed by atoms with Crippen molar-refractivity contribution in [1.29, 1.82) is 0 Å². The molecule has 1 aromatic heterocycles. The van der Waals surface area contributed by atoms with Crippen LogP contribution in [0.3, 0.4) is 0 Å². The SMILES string of the molecule is COCCCNC(=O)CSCc1c(C)noc1C. The van der Waals surface area contributed by atoms with Crippen molar-refractivity contribution in [3.63, 3.8) is 0 Å². The first-order valence-corrected chi connectivity index (χ1v) is 7.05. The predicted molar refractivity (Wildman–Crippen MR) is 71.6 cm³/mol.